The minimum Gasteiger partial charge on any atom is -0.354 e. The maximum Gasteiger partial charge on any atom is 0.236 e. The van der Waals surface area contributed by atoms with Crippen LogP contribution in [0, 0.1) is 0 Å². The average molecular weight is 379 g/mol. The van der Waals surface area contributed by atoms with Crippen molar-refractivity contribution >= 4 is 42.6 Å². The first kappa shape index (κ1) is 22.4. The van der Waals surface area contributed by atoms with Gasteiger partial charge in [0.2, 0.25) is 17.8 Å². The Hall–Kier alpha value is -1.64. The molecule has 2 amide bonds. The van der Waals surface area contributed by atoms with Crippen LogP contribution in [0.1, 0.15) is 13.3 Å². The van der Waals surface area contributed by atoms with Gasteiger partial charge in [0.1, 0.15) is 0 Å². The van der Waals surface area contributed by atoms with E-state index < -0.39 is 6.04 Å². The van der Waals surface area contributed by atoms with Gasteiger partial charge in [-0.2, -0.15) is 0 Å². The SMILES string of the molecule is C[C@@H](N)C(=O)NCCC(=O)N1CCN(c2ncccn2)CC1.Cl.Cl. The molecule has 136 valence electrons. The Labute approximate surface area is 154 Å². The number of halogens is 2. The minimum atomic E-state index is -0.551. The van der Waals surface area contributed by atoms with E-state index in [4.69, 9.17) is 5.73 Å². The van der Waals surface area contributed by atoms with E-state index >= 15 is 0 Å². The molecule has 0 bridgehead atoms. The van der Waals surface area contributed by atoms with Gasteiger partial charge in [0.15, 0.2) is 0 Å². The van der Waals surface area contributed by atoms with Crippen molar-refractivity contribution in [3.05, 3.63) is 18.5 Å². The Morgan fingerprint density at radius 1 is 1.21 bits per heavy atom. The first-order chi connectivity index (χ1) is 10.6. The highest BCUT2D eigenvalue weighted by molar-refractivity contribution is 5.85. The zero-order chi connectivity index (χ0) is 15.9. The standard InChI is InChI=1S/C14H22N6O2.2ClH/c1-11(15)13(22)16-6-3-12(21)19-7-9-20(10-8-19)14-17-4-2-5-18-14;;/h2,4-5,11H,3,6-10,15H2,1H3,(H,16,22);2*1H/t11-;;/m1../s1. The number of hydrogen-bond donors (Lipinski definition) is 2. The van der Waals surface area contributed by atoms with Gasteiger partial charge >= 0.3 is 0 Å². The Balaban J connectivity index is 0.00000264. The molecule has 2 rings (SSSR count). The summed E-state index contributed by atoms with van der Waals surface area (Å²) < 4.78 is 0. The number of piperazine rings is 1. The maximum absolute atomic E-state index is 12.1. The van der Waals surface area contributed by atoms with E-state index in [1.165, 1.54) is 0 Å². The molecule has 0 unspecified atom stereocenters. The van der Waals surface area contributed by atoms with Crippen LogP contribution >= 0.6 is 24.8 Å². The van der Waals surface area contributed by atoms with Gasteiger partial charge in [-0.05, 0) is 13.0 Å². The van der Waals surface area contributed by atoms with Crippen molar-refractivity contribution in [1.82, 2.24) is 20.2 Å². The summed E-state index contributed by atoms with van der Waals surface area (Å²) in [4.78, 5) is 35.7. The van der Waals surface area contributed by atoms with E-state index in [-0.39, 0.29) is 36.6 Å². The summed E-state index contributed by atoms with van der Waals surface area (Å²) in [7, 11) is 0. The number of rotatable bonds is 5. The number of nitrogens with one attached hydrogen (secondary N) is 1. The second kappa shape index (κ2) is 11.0. The first-order valence-electron chi connectivity index (χ1n) is 7.41. The summed E-state index contributed by atoms with van der Waals surface area (Å²) in [6.45, 7) is 4.63. The molecule has 8 nitrogen and oxygen atoms in total. The normalized spacial score (nSPS) is 14.9. The smallest absolute Gasteiger partial charge is 0.236 e. The molecule has 1 aliphatic rings. The van der Waals surface area contributed by atoms with Crippen LogP contribution in [0.5, 0.6) is 0 Å². The molecule has 0 radical (unpaired) electrons. The molecule has 1 aromatic heterocycles. The fourth-order valence-electron chi connectivity index (χ4n) is 2.22. The minimum absolute atomic E-state index is 0. The molecule has 10 heteroatoms. The van der Waals surface area contributed by atoms with Gasteiger partial charge in [-0.15, -0.1) is 24.8 Å². The van der Waals surface area contributed by atoms with Crippen molar-refractivity contribution in [2.75, 3.05) is 37.6 Å². The van der Waals surface area contributed by atoms with Gasteiger partial charge in [-0.3, -0.25) is 9.59 Å². The summed E-state index contributed by atoms with van der Waals surface area (Å²) in [5.41, 5.74) is 5.44. The molecule has 1 atom stereocenters. The van der Waals surface area contributed by atoms with Crippen LogP contribution in [0.4, 0.5) is 5.95 Å². The molecular weight excluding hydrogens is 355 g/mol. The number of carbonyl (C=O) groups excluding carboxylic acids is 2. The van der Waals surface area contributed by atoms with E-state index in [1.807, 2.05) is 0 Å². The van der Waals surface area contributed by atoms with Crippen molar-refractivity contribution in [3.8, 4) is 0 Å². The van der Waals surface area contributed by atoms with Crippen LogP contribution < -0.4 is 16.0 Å². The van der Waals surface area contributed by atoms with E-state index in [1.54, 1.807) is 30.3 Å². The maximum atomic E-state index is 12.1. The van der Waals surface area contributed by atoms with Crippen molar-refractivity contribution in [3.63, 3.8) is 0 Å². The predicted octanol–water partition coefficient (Wildman–Crippen LogP) is -0.178. The third-order valence-electron chi connectivity index (χ3n) is 3.52. The van der Waals surface area contributed by atoms with Crippen LogP contribution in [-0.4, -0.2) is 65.4 Å². The van der Waals surface area contributed by atoms with Gasteiger partial charge in [-0.25, -0.2) is 9.97 Å². The van der Waals surface area contributed by atoms with Gasteiger partial charge in [0, 0.05) is 51.5 Å². The number of nitrogens with zero attached hydrogens (tertiary/aromatic N) is 4. The summed E-state index contributed by atoms with van der Waals surface area (Å²) >= 11 is 0. The van der Waals surface area contributed by atoms with Gasteiger partial charge in [0.25, 0.3) is 0 Å². The molecule has 0 saturated carbocycles. The zero-order valence-corrected chi connectivity index (χ0v) is 15.2. The molecule has 0 aromatic carbocycles. The number of amides is 2. The quantitative estimate of drug-likeness (QED) is 0.736. The molecule has 0 aliphatic carbocycles. The van der Waals surface area contributed by atoms with E-state index in [9.17, 15) is 9.59 Å². The molecule has 1 aromatic rings. The highest BCUT2D eigenvalue weighted by Gasteiger charge is 2.22. The lowest BCUT2D eigenvalue weighted by atomic mass is 10.2. The molecule has 2 heterocycles. The fourth-order valence-corrected chi connectivity index (χ4v) is 2.22. The molecule has 0 spiro atoms. The number of carbonyl (C=O) groups is 2. The third kappa shape index (κ3) is 6.46. The molecule has 1 saturated heterocycles. The number of aromatic nitrogens is 2. The Morgan fingerprint density at radius 3 is 2.33 bits per heavy atom. The second-order valence-electron chi connectivity index (χ2n) is 5.25. The predicted molar refractivity (Wildman–Crippen MR) is 96.6 cm³/mol. The monoisotopic (exact) mass is 378 g/mol. The van der Waals surface area contributed by atoms with Crippen LogP contribution in [0.3, 0.4) is 0 Å². The molecule has 3 N–H and O–H groups in total. The third-order valence-corrected chi connectivity index (χ3v) is 3.52. The summed E-state index contributed by atoms with van der Waals surface area (Å²) in [5.74, 6) is 0.497. The fraction of sp³-hybridized carbons (Fsp3) is 0.571. The molecule has 1 aliphatic heterocycles. The average Bonchev–Trinajstić information content (AvgIpc) is 2.55. The molecular formula is C14H24Cl2N6O2. The van der Waals surface area contributed by atoms with Crippen molar-refractivity contribution in [2.24, 2.45) is 5.73 Å². The summed E-state index contributed by atoms with van der Waals surface area (Å²) in [6.07, 6.45) is 3.71. The zero-order valence-electron chi connectivity index (χ0n) is 13.6. The molecule has 1 fully saturated rings. The largest absolute Gasteiger partial charge is 0.354 e. The highest BCUT2D eigenvalue weighted by Crippen LogP contribution is 2.10. The summed E-state index contributed by atoms with van der Waals surface area (Å²) in [5, 5.41) is 2.64. The van der Waals surface area contributed by atoms with Gasteiger partial charge < -0.3 is 20.9 Å². The Bertz CT molecular complexity index is 509. The Morgan fingerprint density at radius 2 is 1.79 bits per heavy atom. The van der Waals surface area contributed by atoms with Crippen molar-refractivity contribution < 1.29 is 9.59 Å². The number of nitrogens with two attached hydrogens (primary N) is 1. The number of hydrogen-bond acceptors (Lipinski definition) is 6. The number of anilines is 1. The summed E-state index contributed by atoms with van der Waals surface area (Å²) in [6, 6.07) is 1.23. The van der Waals surface area contributed by atoms with E-state index in [0.29, 0.717) is 45.1 Å². The van der Waals surface area contributed by atoms with Crippen molar-refractivity contribution in [1.29, 1.82) is 0 Å². The lowest BCUT2D eigenvalue weighted by Crippen LogP contribution is -2.50. The van der Waals surface area contributed by atoms with E-state index in [0.717, 1.165) is 0 Å². The second-order valence-corrected chi connectivity index (χ2v) is 5.25. The van der Waals surface area contributed by atoms with Crippen LogP contribution in [0.15, 0.2) is 18.5 Å². The Kier molecular flexibility index (Phi) is 10.3. The lowest BCUT2D eigenvalue weighted by molar-refractivity contribution is -0.131. The van der Waals surface area contributed by atoms with Crippen LogP contribution in [0.25, 0.3) is 0 Å². The molecule has 24 heavy (non-hydrogen) atoms. The highest BCUT2D eigenvalue weighted by atomic mass is 35.5. The van der Waals surface area contributed by atoms with Gasteiger partial charge in [0.05, 0.1) is 6.04 Å². The van der Waals surface area contributed by atoms with Crippen LogP contribution in [-0.2, 0) is 9.59 Å². The first-order valence-corrected chi connectivity index (χ1v) is 7.41. The topological polar surface area (TPSA) is 104 Å². The van der Waals surface area contributed by atoms with Gasteiger partial charge in [-0.1, -0.05) is 0 Å². The van der Waals surface area contributed by atoms with E-state index in [2.05, 4.69) is 20.2 Å². The lowest BCUT2D eigenvalue weighted by Gasteiger charge is -2.34. The van der Waals surface area contributed by atoms with Crippen LogP contribution in [0.2, 0.25) is 0 Å². The van der Waals surface area contributed by atoms with Crippen molar-refractivity contribution in [2.45, 2.75) is 19.4 Å².